The largest absolute Gasteiger partial charge is 0.317 e. The molecule has 1 saturated heterocycles. The number of H-pyrrole nitrogens is 1. The Kier molecular flexibility index (Phi) is 4.55. The van der Waals surface area contributed by atoms with E-state index >= 15 is 0 Å². The van der Waals surface area contributed by atoms with Crippen LogP contribution in [-0.4, -0.2) is 32.2 Å². The molecule has 3 N–H and O–H groups in total. The summed E-state index contributed by atoms with van der Waals surface area (Å²) in [5, 5.41) is 4.84. The molecular formula is C10H17N3O3S2. The van der Waals surface area contributed by atoms with Gasteiger partial charge in [0.15, 0.2) is 0 Å². The summed E-state index contributed by atoms with van der Waals surface area (Å²) in [7, 11) is -3.27. The molecule has 102 valence electrons. The van der Waals surface area contributed by atoms with E-state index in [1.807, 2.05) is 0 Å². The van der Waals surface area contributed by atoms with Gasteiger partial charge in [0.05, 0.1) is 12.3 Å². The standard InChI is InChI=1S/C10H17N3O3S2/c14-10-13-9(6-17-10)5-12-18(15,16)7-8-1-3-11-4-2-8/h6,8,11-12H,1-5,7H2,(H,13,14). The molecule has 0 aliphatic carbocycles. The smallest absolute Gasteiger partial charge is 0.304 e. The second kappa shape index (κ2) is 5.96. The average molecular weight is 291 g/mol. The van der Waals surface area contributed by atoms with Crippen molar-refractivity contribution in [2.45, 2.75) is 19.4 Å². The van der Waals surface area contributed by atoms with Crippen LogP contribution in [-0.2, 0) is 16.6 Å². The van der Waals surface area contributed by atoms with Crippen molar-refractivity contribution in [2.24, 2.45) is 5.92 Å². The highest BCUT2D eigenvalue weighted by molar-refractivity contribution is 7.89. The number of nitrogens with one attached hydrogen (secondary N) is 3. The Balaban J connectivity index is 1.85. The maximum absolute atomic E-state index is 11.9. The molecule has 0 atom stereocenters. The van der Waals surface area contributed by atoms with Gasteiger partial charge in [-0.1, -0.05) is 11.3 Å². The van der Waals surface area contributed by atoms with Gasteiger partial charge in [0.25, 0.3) is 0 Å². The third kappa shape index (κ3) is 4.20. The summed E-state index contributed by atoms with van der Waals surface area (Å²) in [6.07, 6.45) is 1.80. The topological polar surface area (TPSA) is 91.1 Å². The molecule has 0 bridgehead atoms. The van der Waals surface area contributed by atoms with E-state index in [1.54, 1.807) is 5.38 Å². The Hall–Kier alpha value is -0.700. The predicted octanol–water partition coefficient (Wildman–Crippen LogP) is -0.145. The van der Waals surface area contributed by atoms with Gasteiger partial charge < -0.3 is 10.3 Å². The summed E-state index contributed by atoms with van der Waals surface area (Å²) in [6.45, 7) is 1.93. The number of hydrogen-bond acceptors (Lipinski definition) is 5. The first-order chi connectivity index (χ1) is 8.55. The van der Waals surface area contributed by atoms with Crippen LogP contribution in [0.4, 0.5) is 0 Å². The molecule has 8 heteroatoms. The lowest BCUT2D eigenvalue weighted by Crippen LogP contribution is -2.35. The van der Waals surface area contributed by atoms with Crippen molar-refractivity contribution in [1.82, 2.24) is 15.0 Å². The zero-order chi connectivity index (χ0) is 13.0. The molecule has 0 saturated carbocycles. The summed E-state index contributed by atoms with van der Waals surface area (Å²) in [4.78, 5) is 13.3. The lowest BCUT2D eigenvalue weighted by molar-refractivity contribution is 0.400. The molecule has 0 radical (unpaired) electrons. The Bertz CT molecular complexity index is 529. The van der Waals surface area contributed by atoms with Crippen molar-refractivity contribution in [3.8, 4) is 0 Å². The second-order valence-electron chi connectivity index (χ2n) is 4.47. The number of rotatable bonds is 5. The van der Waals surface area contributed by atoms with E-state index < -0.39 is 10.0 Å². The summed E-state index contributed by atoms with van der Waals surface area (Å²) < 4.78 is 26.2. The first kappa shape index (κ1) is 13.7. The van der Waals surface area contributed by atoms with Crippen molar-refractivity contribution in [3.63, 3.8) is 0 Å². The van der Waals surface area contributed by atoms with Crippen LogP contribution in [0, 0.1) is 5.92 Å². The monoisotopic (exact) mass is 291 g/mol. The lowest BCUT2D eigenvalue weighted by Gasteiger charge is -2.22. The van der Waals surface area contributed by atoms with Gasteiger partial charge in [0.2, 0.25) is 10.0 Å². The fraction of sp³-hybridized carbons (Fsp3) is 0.700. The normalized spacial score (nSPS) is 18.0. The Morgan fingerprint density at radius 1 is 1.39 bits per heavy atom. The van der Waals surface area contributed by atoms with Crippen molar-refractivity contribution < 1.29 is 8.42 Å². The highest BCUT2D eigenvalue weighted by Crippen LogP contribution is 2.13. The molecule has 1 aromatic rings. The third-order valence-electron chi connectivity index (χ3n) is 2.97. The van der Waals surface area contributed by atoms with Crippen LogP contribution in [0.1, 0.15) is 18.5 Å². The van der Waals surface area contributed by atoms with E-state index in [4.69, 9.17) is 0 Å². The minimum Gasteiger partial charge on any atom is -0.317 e. The van der Waals surface area contributed by atoms with Crippen LogP contribution < -0.4 is 14.9 Å². The van der Waals surface area contributed by atoms with Gasteiger partial charge in [-0.2, -0.15) is 0 Å². The van der Waals surface area contributed by atoms with Crippen molar-refractivity contribution in [1.29, 1.82) is 0 Å². The molecule has 0 amide bonds. The molecule has 2 rings (SSSR count). The van der Waals surface area contributed by atoms with Crippen molar-refractivity contribution >= 4 is 21.4 Å². The van der Waals surface area contributed by atoms with Crippen LogP contribution in [0.5, 0.6) is 0 Å². The van der Waals surface area contributed by atoms with Gasteiger partial charge in [0, 0.05) is 11.1 Å². The average Bonchev–Trinajstić information content (AvgIpc) is 2.74. The Labute approximate surface area is 110 Å². The molecule has 1 aromatic heterocycles. The van der Waals surface area contributed by atoms with Gasteiger partial charge in [-0.25, -0.2) is 13.1 Å². The lowest BCUT2D eigenvalue weighted by atomic mass is 10.0. The van der Waals surface area contributed by atoms with E-state index in [9.17, 15) is 13.2 Å². The molecule has 6 nitrogen and oxygen atoms in total. The van der Waals surface area contributed by atoms with E-state index in [-0.39, 0.29) is 23.1 Å². The molecule has 1 fully saturated rings. The molecule has 0 aromatic carbocycles. The van der Waals surface area contributed by atoms with Crippen molar-refractivity contribution in [2.75, 3.05) is 18.8 Å². The number of thiazole rings is 1. The summed E-state index contributed by atoms with van der Waals surface area (Å²) in [5.74, 6) is 0.397. The van der Waals surface area contributed by atoms with Gasteiger partial charge in [0.1, 0.15) is 0 Å². The zero-order valence-electron chi connectivity index (χ0n) is 9.94. The van der Waals surface area contributed by atoms with Gasteiger partial charge in [-0.15, -0.1) is 0 Å². The highest BCUT2D eigenvalue weighted by Gasteiger charge is 2.20. The summed E-state index contributed by atoms with van der Waals surface area (Å²) >= 11 is 1.04. The molecular weight excluding hydrogens is 274 g/mol. The minimum absolute atomic E-state index is 0.159. The SMILES string of the molecule is O=c1[nH]c(CNS(=O)(=O)CC2CCNCC2)cs1. The second-order valence-corrected chi connectivity index (χ2v) is 7.16. The first-order valence-corrected chi connectivity index (χ1v) is 8.43. The van der Waals surface area contributed by atoms with Gasteiger partial charge in [-0.3, -0.25) is 4.79 Å². The highest BCUT2D eigenvalue weighted by atomic mass is 32.2. The first-order valence-electron chi connectivity index (χ1n) is 5.90. The Morgan fingerprint density at radius 2 is 2.11 bits per heavy atom. The van der Waals surface area contributed by atoms with Gasteiger partial charge in [-0.05, 0) is 31.8 Å². The van der Waals surface area contributed by atoms with Gasteiger partial charge >= 0.3 is 4.87 Å². The third-order valence-corrected chi connectivity index (χ3v) is 5.18. The molecule has 2 heterocycles. The minimum atomic E-state index is -3.27. The number of hydrogen-bond donors (Lipinski definition) is 3. The quantitative estimate of drug-likeness (QED) is 0.704. The van der Waals surface area contributed by atoms with Crippen LogP contribution in [0.2, 0.25) is 0 Å². The van der Waals surface area contributed by atoms with Crippen LogP contribution in [0.15, 0.2) is 10.2 Å². The number of aromatic amines is 1. The predicted molar refractivity (Wildman–Crippen MR) is 71.2 cm³/mol. The number of aromatic nitrogens is 1. The van der Waals surface area contributed by atoms with E-state index in [2.05, 4.69) is 15.0 Å². The van der Waals surface area contributed by atoms with Crippen molar-refractivity contribution in [3.05, 3.63) is 20.7 Å². The van der Waals surface area contributed by atoms with E-state index in [0.717, 1.165) is 37.3 Å². The number of sulfonamides is 1. The maximum atomic E-state index is 11.9. The molecule has 0 unspecified atom stereocenters. The zero-order valence-corrected chi connectivity index (χ0v) is 11.6. The van der Waals surface area contributed by atoms with E-state index in [1.165, 1.54) is 0 Å². The molecule has 1 aliphatic heterocycles. The Morgan fingerprint density at radius 3 is 2.72 bits per heavy atom. The number of piperidine rings is 1. The van der Waals surface area contributed by atoms with Crippen LogP contribution in [0.25, 0.3) is 0 Å². The molecule has 18 heavy (non-hydrogen) atoms. The van der Waals surface area contributed by atoms with Crippen LogP contribution >= 0.6 is 11.3 Å². The molecule has 0 spiro atoms. The van der Waals surface area contributed by atoms with Crippen LogP contribution in [0.3, 0.4) is 0 Å². The maximum Gasteiger partial charge on any atom is 0.304 e. The van der Waals surface area contributed by atoms with E-state index in [0.29, 0.717) is 5.69 Å². The summed E-state index contributed by atoms with van der Waals surface area (Å²) in [6, 6.07) is 0. The fourth-order valence-corrected chi connectivity index (χ4v) is 4.03. The fourth-order valence-electron chi connectivity index (χ4n) is 2.01. The molecule has 1 aliphatic rings. The summed E-state index contributed by atoms with van der Waals surface area (Å²) in [5.41, 5.74) is 0.610.